The Morgan fingerprint density at radius 1 is 1.40 bits per heavy atom. The van der Waals surface area contributed by atoms with Crippen molar-refractivity contribution >= 4 is 11.9 Å². The van der Waals surface area contributed by atoms with Crippen LogP contribution in [0.15, 0.2) is 18.7 Å². The van der Waals surface area contributed by atoms with Crippen LogP contribution in [0.5, 0.6) is 6.01 Å². The number of aromatic nitrogens is 3. The maximum absolute atomic E-state index is 10.9. The van der Waals surface area contributed by atoms with E-state index in [1.54, 1.807) is 0 Å². The molecule has 2 rings (SSSR count). The van der Waals surface area contributed by atoms with Crippen molar-refractivity contribution in [2.45, 2.75) is 12.8 Å². The highest BCUT2D eigenvalue weighted by molar-refractivity contribution is 5.70. The molecule has 1 aromatic rings. The Morgan fingerprint density at radius 2 is 2.10 bits per heavy atom. The Hall–Kier alpha value is -2.38. The zero-order valence-electron chi connectivity index (χ0n) is 10.9. The van der Waals surface area contributed by atoms with Crippen LogP contribution in [0.2, 0.25) is 0 Å². The van der Waals surface area contributed by atoms with Crippen LogP contribution in [0.25, 0.3) is 0 Å². The molecule has 8 heteroatoms. The predicted molar refractivity (Wildman–Crippen MR) is 69.7 cm³/mol. The van der Waals surface area contributed by atoms with E-state index in [2.05, 4.69) is 21.5 Å². The molecule has 0 aliphatic carbocycles. The second kappa shape index (κ2) is 6.18. The van der Waals surface area contributed by atoms with Crippen LogP contribution in [0.1, 0.15) is 12.8 Å². The SMILES string of the molecule is C=C(O)COc1ncnc(N2CCC(C(=O)O)CC2)n1. The number of anilines is 1. The van der Waals surface area contributed by atoms with Crippen LogP contribution in [0.4, 0.5) is 5.95 Å². The third kappa shape index (κ3) is 3.56. The molecule has 0 atom stereocenters. The van der Waals surface area contributed by atoms with Crippen LogP contribution in [0.3, 0.4) is 0 Å². The first-order valence-corrected chi connectivity index (χ1v) is 6.22. The summed E-state index contributed by atoms with van der Waals surface area (Å²) >= 11 is 0. The lowest BCUT2D eigenvalue weighted by Gasteiger charge is -2.29. The molecular weight excluding hydrogens is 264 g/mol. The normalized spacial score (nSPS) is 15.9. The maximum atomic E-state index is 10.9. The third-order valence-electron chi connectivity index (χ3n) is 3.03. The van der Waals surface area contributed by atoms with Gasteiger partial charge in [-0.1, -0.05) is 6.58 Å². The quantitative estimate of drug-likeness (QED) is 0.756. The average molecular weight is 280 g/mol. The number of hydrogen-bond donors (Lipinski definition) is 2. The molecule has 2 N–H and O–H groups in total. The van der Waals surface area contributed by atoms with Gasteiger partial charge in [0.1, 0.15) is 18.7 Å². The van der Waals surface area contributed by atoms with E-state index in [4.69, 9.17) is 14.9 Å². The number of ether oxygens (including phenoxy) is 1. The largest absolute Gasteiger partial charge is 0.509 e. The second-order valence-corrected chi connectivity index (χ2v) is 4.52. The van der Waals surface area contributed by atoms with Crippen LogP contribution in [-0.2, 0) is 4.79 Å². The molecule has 0 aromatic carbocycles. The van der Waals surface area contributed by atoms with Crippen molar-refractivity contribution < 1.29 is 19.7 Å². The van der Waals surface area contributed by atoms with Gasteiger partial charge in [0, 0.05) is 13.1 Å². The highest BCUT2D eigenvalue weighted by atomic mass is 16.5. The molecule has 0 unspecified atom stereocenters. The molecule has 1 aliphatic heterocycles. The molecule has 0 bridgehead atoms. The molecule has 2 heterocycles. The Labute approximate surface area is 115 Å². The van der Waals surface area contributed by atoms with Gasteiger partial charge in [0.2, 0.25) is 5.95 Å². The molecule has 0 spiro atoms. The molecule has 8 nitrogen and oxygen atoms in total. The first-order valence-electron chi connectivity index (χ1n) is 6.22. The van der Waals surface area contributed by atoms with E-state index >= 15 is 0 Å². The van der Waals surface area contributed by atoms with E-state index in [1.807, 2.05) is 4.90 Å². The number of carboxylic acids is 1. The van der Waals surface area contributed by atoms with Gasteiger partial charge in [0.05, 0.1) is 5.92 Å². The van der Waals surface area contributed by atoms with Crippen molar-refractivity contribution in [3.05, 3.63) is 18.7 Å². The Balaban J connectivity index is 1.97. The fraction of sp³-hybridized carbons (Fsp3) is 0.500. The monoisotopic (exact) mass is 280 g/mol. The summed E-state index contributed by atoms with van der Waals surface area (Å²) in [5.41, 5.74) is 0. The van der Waals surface area contributed by atoms with E-state index < -0.39 is 5.97 Å². The fourth-order valence-electron chi connectivity index (χ4n) is 1.97. The summed E-state index contributed by atoms with van der Waals surface area (Å²) < 4.78 is 5.13. The highest BCUT2D eigenvalue weighted by Crippen LogP contribution is 2.21. The second-order valence-electron chi connectivity index (χ2n) is 4.52. The topological polar surface area (TPSA) is 109 Å². The molecule has 1 fully saturated rings. The number of rotatable bonds is 5. The average Bonchev–Trinajstić information content (AvgIpc) is 2.45. The van der Waals surface area contributed by atoms with Gasteiger partial charge in [0.15, 0.2) is 0 Å². The number of aliphatic hydroxyl groups is 1. The van der Waals surface area contributed by atoms with Gasteiger partial charge in [0.25, 0.3) is 0 Å². The van der Waals surface area contributed by atoms with Crippen LogP contribution in [0, 0.1) is 5.92 Å². The summed E-state index contributed by atoms with van der Waals surface area (Å²) in [6.45, 7) is 4.37. The standard InChI is InChI=1S/C12H16N4O4/c1-8(17)6-20-12-14-7-13-11(15-12)16-4-2-9(3-5-16)10(18)19/h7,9,17H,1-6H2,(H,18,19). The fourth-order valence-corrected chi connectivity index (χ4v) is 1.97. The summed E-state index contributed by atoms with van der Waals surface area (Å²) in [6, 6.07) is 0.102. The smallest absolute Gasteiger partial charge is 0.321 e. The van der Waals surface area contributed by atoms with Crippen molar-refractivity contribution in [1.82, 2.24) is 15.0 Å². The summed E-state index contributed by atoms with van der Waals surface area (Å²) in [7, 11) is 0. The number of piperidine rings is 1. The zero-order valence-corrected chi connectivity index (χ0v) is 10.9. The van der Waals surface area contributed by atoms with Crippen LogP contribution in [-0.4, -0.2) is 50.8 Å². The van der Waals surface area contributed by atoms with Gasteiger partial charge in [-0.3, -0.25) is 4.79 Å². The lowest BCUT2D eigenvalue weighted by Crippen LogP contribution is -2.37. The summed E-state index contributed by atoms with van der Waals surface area (Å²) in [6.07, 6.45) is 2.44. The molecule has 1 saturated heterocycles. The van der Waals surface area contributed by atoms with E-state index in [-0.39, 0.29) is 24.3 Å². The van der Waals surface area contributed by atoms with Crippen LogP contribution >= 0.6 is 0 Å². The Kier molecular flexibility index (Phi) is 4.34. The van der Waals surface area contributed by atoms with Gasteiger partial charge >= 0.3 is 12.0 Å². The number of carbonyl (C=O) groups is 1. The van der Waals surface area contributed by atoms with E-state index in [0.717, 1.165) is 0 Å². The zero-order chi connectivity index (χ0) is 14.5. The minimum atomic E-state index is -0.759. The Morgan fingerprint density at radius 3 is 2.70 bits per heavy atom. The molecule has 0 radical (unpaired) electrons. The highest BCUT2D eigenvalue weighted by Gasteiger charge is 2.25. The molecule has 1 aromatic heterocycles. The molecule has 0 amide bonds. The summed E-state index contributed by atoms with van der Waals surface area (Å²) in [5, 5.41) is 17.9. The molecular formula is C12H16N4O4. The number of aliphatic carboxylic acids is 1. The molecule has 1 aliphatic rings. The summed E-state index contributed by atoms with van der Waals surface area (Å²) in [5.74, 6) is -0.732. The van der Waals surface area contributed by atoms with Gasteiger partial charge in [-0.25, -0.2) is 4.98 Å². The minimum Gasteiger partial charge on any atom is -0.509 e. The number of hydrogen-bond acceptors (Lipinski definition) is 7. The van der Waals surface area contributed by atoms with Gasteiger partial charge in [-0.05, 0) is 12.8 Å². The Bertz CT molecular complexity index is 500. The molecule has 0 saturated carbocycles. The van der Waals surface area contributed by atoms with Crippen molar-refractivity contribution in [1.29, 1.82) is 0 Å². The van der Waals surface area contributed by atoms with Crippen molar-refractivity contribution in [3.63, 3.8) is 0 Å². The van der Waals surface area contributed by atoms with Crippen molar-refractivity contribution in [2.75, 3.05) is 24.6 Å². The van der Waals surface area contributed by atoms with E-state index in [0.29, 0.717) is 31.9 Å². The lowest BCUT2D eigenvalue weighted by atomic mass is 9.97. The predicted octanol–water partition coefficient (Wildman–Crippen LogP) is 0.623. The number of nitrogens with zero attached hydrogens (tertiary/aromatic N) is 4. The maximum Gasteiger partial charge on any atom is 0.321 e. The van der Waals surface area contributed by atoms with Crippen molar-refractivity contribution in [2.24, 2.45) is 5.92 Å². The van der Waals surface area contributed by atoms with E-state index in [1.165, 1.54) is 6.33 Å². The van der Waals surface area contributed by atoms with Gasteiger partial charge in [-0.2, -0.15) is 9.97 Å². The number of aliphatic hydroxyl groups excluding tert-OH is 1. The first kappa shape index (κ1) is 14.0. The third-order valence-corrected chi connectivity index (χ3v) is 3.03. The lowest BCUT2D eigenvalue weighted by molar-refractivity contribution is -0.142. The minimum absolute atomic E-state index is 0.0788. The molecule has 108 valence electrons. The summed E-state index contributed by atoms with van der Waals surface area (Å²) in [4.78, 5) is 24.8. The number of carboxylic acid groups (broad SMARTS) is 1. The first-order chi connectivity index (χ1) is 9.56. The van der Waals surface area contributed by atoms with Gasteiger partial charge < -0.3 is 19.8 Å². The van der Waals surface area contributed by atoms with Crippen molar-refractivity contribution in [3.8, 4) is 6.01 Å². The van der Waals surface area contributed by atoms with Crippen LogP contribution < -0.4 is 9.64 Å². The van der Waals surface area contributed by atoms with E-state index in [9.17, 15) is 4.79 Å². The molecule has 20 heavy (non-hydrogen) atoms. The van der Waals surface area contributed by atoms with Gasteiger partial charge in [-0.15, -0.1) is 0 Å².